The lowest BCUT2D eigenvalue weighted by Gasteiger charge is -2.26. The maximum absolute atomic E-state index is 6.03. The molecule has 96 valence electrons. The minimum atomic E-state index is 0.251. The molecule has 19 heavy (non-hydrogen) atoms. The highest BCUT2D eigenvalue weighted by molar-refractivity contribution is 5.80. The van der Waals surface area contributed by atoms with Crippen LogP contribution in [0.3, 0.4) is 0 Å². The van der Waals surface area contributed by atoms with Gasteiger partial charge < -0.3 is 10.6 Å². The van der Waals surface area contributed by atoms with E-state index >= 15 is 0 Å². The number of guanidine groups is 1. The van der Waals surface area contributed by atoms with Crippen molar-refractivity contribution in [2.75, 3.05) is 6.54 Å². The lowest BCUT2D eigenvalue weighted by atomic mass is 10.1. The van der Waals surface area contributed by atoms with Crippen LogP contribution in [0.2, 0.25) is 0 Å². The van der Waals surface area contributed by atoms with Crippen molar-refractivity contribution in [3.8, 4) is 0 Å². The Morgan fingerprint density at radius 1 is 1.00 bits per heavy atom. The topological polar surface area (TPSA) is 41.6 Å². The van der Waals surface area contributed by atoms with E-state index in [0.717, 1.165) is 13.1 Å². The Kier molecular flexibility index (Phi) is 3.19. The summed E-state index contributed by atoms with van der Waals surface area (Å²) in [7, 11) is 0. The molecule has 0 saturated heterocycles. The van der Waals surface area contributed by atoms with Gasteiger partial charge in [0, 0.05) is 6.54 Å². The van der Waals surface area contributed by atoms with Crippen LogP contribution in [0.25, 0.3) is 0 Å². The Morgan fingerprint density at radius 2 is 1.63 bits per heavy atom. The van der Waals surface area contributed by atoms with E-state index in [2.05, 4.69) is 58.4 Å². The van der Waals surface area contributed by atoms with E-state index in [1.807, 2.05) is 12.1 Å². The molecule has 0 fully saturated rings. The molecule has 3 heteroatoms. The van der Waals surface area contributed by atoms with Crippen molar-refractivity contribution in [3.05, 3.63) is 71.8 Å². The van der Waals surface area contributed by atoms with Crippen LogP contribution in [0.4, 0.5) is 0 Å². The highest BCUT2D eigenvalue weighted by Gasteiger charge is 2.27. The normalized spacial score (nSPS) is 18.4. The summed E-state index contributed by atoms with van der Waals surface area (Å²) in [6, 6.07) is 21.0. The summed E-state index contributed by atoms with van der Waals surface area (Å²) >= 11 is 0. The van der Waals surface area contributed by atoms with E-state index in [0.29, 0.717) is 5.96 Å². The van der Waals surface area contributed by atoms with E-state index in [1.54, 1.807) is 0 Å². The number of hydrogen-bond donors (Lipinski definition) is 1. The fourth-order valence-corrected chi connectivity index (χ4v) is 2.46. The van der Waals surface area contributed by atoms with Crippen molar-refractivity contribution in [3.63, 3.8) is 0 Å². The Hall–Kier alpha value is -2.29. The second-order valence-corrected chi connectivity index (χ2v) is 4.74. The van der Waals surface area contributed by atoms with E-state index < -0.39 is 0 Å². The van der Waals surface area contributed by atoms with E-state index in [4.69, 9.17) is 5.73 Å². The van der Waals surface area contributed by atoms with E-state index in [1.165, 1.54) is 11.1 Å². The molecule has 0 saturated carbocycles. The average molecular weight is 251 g/mol. The van der Waals surface area contributed by atoms with Gasteiger partial charge in [-0.2, -0.15) is 0 Å². The smallest absolute Gasteiger partial charge is 0.192 e. The second-order valence-electron chi connectivity index (χ2n) is 4.74. The van der Waals surface area contributed by atoms with E-state index in [-0.39, 0.29) is 6.04 Å². The van der Waals surface area contributed by atoms with Crippen LogP contribution in [0.1, 0.15) is 17.2 Å². The average Bonchev–Trinajstić information content (AvgIpc) is 2.82. The number of benzene rings is 2. The largest absolute Gasteiger partial charge is 0.370 e. The Labute approximate surface area is 113 Å². The zero-order chi connectivity index (χ0) is 13.1. The van der Waals surface area contributed by atoms with Gasteiger partial charge in [0.1, 0.15) is 0 Å². The van der Waals surface area contributed by atoms with Gasteiger partial charge in [0.15, 0.2) is 5.96 Å². The lowest BCUT2D eigenvalue weighted by Crippen LogP contribution is -2.35. The second kappa shape index (κ2) is 5.14. The first-order chi connectivity index (χ1) is 9.34. The minimum Gasteiger partial charge on any atom is -0.370 e. The number of aliphatic imine (C=N–C) groups is 1. The quantitative estimate of drug-likeness (QED) is 0.911. The van der Waals surface area contributed by atoms with E-state index in [9.17, 15) is 0 Å². The van der Waals surface area contributed by atoms with Gasteiger partial charge in [0.05, 0.1) is 12.6 Å². The summed E-state index contributed by atoms with van der Waals surface area (Å²) in [6.45, 7) is 1.54. The summed E-state index contributed by atoms with van der Waals surface area (Å²) in [5.74, 6) is 0.637. The lowest BCUT2D eigenvalue weighted by molar-refractivity contribution is 0.340. The highest BCUT2D eigenvalue weighted by Crippen LogP contribution is 2.26. The number of hydrogen-bond acceptors (Lipinski definition) is 3. The summed E-state index contributed by atoms with van der Waals surface area (Å²) in [5, 5.41) is 0. The van der Waals surface area contributed by atoms with Crippen LogP contribution in [0.5, 0.6) is 0 Å². The van der Waals surface area contributed by atoms with Crippen LogP contribution in [0, 0.1) is 0 Å². The summed E-state index contributed by atoms with van der Waals surface area (Å²) in [5.41, 5.74) is 8.55. The molecule has 0 aliphatic carbocycles. The molecule has 1 aliphatic rings. The fraction of sp³-hybridized carbons (Fsp3) is 0.188. The molecular formula is C16H17N3. The van der Waals surface area contributed by atoms with Gasteiger partial charge in [-0.1, -0.05) is 60.7 Å². The third-order valence-electron chi connectivity index (χ3n) is 3.48. The van der Waals surface area contributed by atoms with Gasteiger partial charge in [-0.15, -0.1) is 0 Å². The number of rotatable bonds is 3. The van der Waals surface area contributed by atoms with Crippen LogP contribution in [-0.4, -0.2) is 17.4 Å². The van der Waals surface area contributed by atoms with Gasteiger partial charge in [0.25, 0.3) is 0 Å². The Morgan fingerprint density at radius 3 is 2.32 bits per heavy atom. The van der Waals surface area contributed by atoms with Gasteiger partial charge >= 0.3 is 0 Å². The van der Waals surface area contributed by atoms with Gasteiger partial charge in [0.2, 0.25) is 0 Å². The first-order valence-corrected chi connectivity index (χ1v) is 6.50. The molecule has 3 rings (SSSR count). The summed E-state index contributed by atoms with van der Waals surface area (Å²) in [6.07, 6.45) is 0. The van der Waals surface area contributed by atoms with Crippen LogP contribution in [0.15, 0.2) is 65.7 Å². The molecule has 3 nitrogen and oxygen atoms in total. The van der Waals surface area contributed by atoms with Gasteiger partial charge in [-0.05, 0) is 11.1 Å². The van der Waals surface area contributed by atoms with Crippen molar-refractivity contribution in [2.45, 2.75) is 12.6 Å². The molecule has 2 aromatic carbocycles. The van der Waals surface area contributed by atoms with Crippen LogP contribution in [-0.2, 0) is 6.54 Å². The predicted molar refractivity (Wildman–Crippen MR) is 77.7 cm³/mol. The molecule has 1 unspecified atom stereocenters. The summed E-state index contributed by atoms with van der Waals surface area (Å²) < 4.78 is 0. The Balaban J connectivity index is 1.83. The third kappa shape index (κ3) is 2.45. The SMILES string of the molecule is NC1=NCC(c2ccccc2)N1Cc1ccccc1. The van der Waals surface area contributed by atoms with Crippen molar-refractivity contribution >= 4 is 5.96 Å². The standard InChI is InChI=1S/C16H17N3/c17-16-18-11-15(14-9-5-2-6-10-14)19(16)12-13-7-3-1-4-8-13/h1-10,15H,11-12H2,(H2,17,18). The van der Waals surface area contributed by atoms with Crippen molar-refractivity contribution in [1.82, 2.24) is 4.90 Å². The molecule has 1 heterocycles. The maximum Gasteiger partial charge on any atom is 0.192 e. The Bertz CT molecular complexity index is 563. The molecule has 2 N–H and O–H groups in total. The molecule has 0 aromatic heterocycles. The van der Waals surface area contributed by atoms with Crippen LogP contribution < -0.4 is 5.73 Å². The maximum atomic E-state index is 6.03. The number of nitrogens with two attached hydrogens (primary N) is 1. The zero-order valence-corrected chi connectivity index (χ0v) is 10.7. The molecule has 0 spiro atoms. The van der Waals surface area contributed by atoms with Crippen molar-refractivity contribution < 1.29 is 0 Å². The molecule has 1 aliphatic heterocycles. The zero-order valence-electron chi connectivity index (χ0n) is 10.7. The summed E-state index contributed by atoms with van der Waals surface area (Å²) in [4.78, 5) is 6.56. The minimum absolute atomic E-state index is 0.251. The number of nitrogens with zero attached hydrogens (tertiary/aromatic N) is 2. The predicted octanol–water partition coefficient (Wildman–Crippen LogP) is 2.56. The van der Waals surface area contributed by atoms with Crippen molar-refractivity contribution in [1.29, 1.82) is 0 Å². The van der Waals surface area contributed by atoms with Crippen molar-refractivity contribution in [2.24, 2.45) is 10.7 Å². The molecular weight excluding hydrogens is 234 g/mol. The molecule has 0 amide bonds. The van der Waals surface area contributed by atoms with Gasteiger partial charge in [-0.25, -0.2) is 0 Å². The van der Waals surface area contributed by atoms with Crippen LogP contribution >= 0.6 is 0 Å². The third-order valence-corrected chi connectivity index (χ3v) is 3.48. The molecule has 0 bridgehead atoms. The molecule has 2 aromatic rings. The first kappa shape index (κ1) is 11.8. The van der Waals surface area contributed by atoms with Gasteiger partial charge in [-0.3, -0.25) is 4.99 Å². The monoisotopic (exact) mass is 251 g/mol. The first-order valence-electron chi connectivity index (χ1n) is 6.50. The molecule has 0 radical (unpaired) electrons. The molecule has 1 atom stereocenters. The fourth-order valence-electron chi connectivity index (χ4n) is 2.46. The highest BCUT2D eigenvalue weighted by atomic mass is 15.3.